The van der Waals surface area contributed by atoms with Crippen LogP contribution in [0, 0.1) is 5.82 Å². The van der Waals surface area contributed by atoms with Crippen molar-refractivity contribution in [3.8, 4) is 0 Å². The average molecular weight is 280 g/mol. The molecule has 0 bridgehead atoms. The van der Waals surface area contributed by atoms with E-state index in [-0.39, 0.29) is 11.9 Å². The number of aryl methyl sites for hydroxylation is 1. The quantitative estimate of drug-likeness (QED) is 0.484. The maximum Gasteiger partial charge on any atom is 0.136 e. The Hall–Kier alpha value is -1.37. The highest BCUT2D eigenvalue weighted by molar-refractivity contribution is 7.99. The summed E-state index contributed by atoms with van der Waals surface area (Å²) in [5, 5.41) is 0. The maximum absolute atomic E-state index is 13.5. The molecular formula is C13H17FN4S. The molecule has 0 saturated heterocycles. The predicted molar refractivity (Wildman–Crippen MR) is 75.1 cm³/mol. The SMILES string of the molecule is CCn1cnc(C(CSc2ccccc2F)NN)c1. The highest BCUT2D eigenvalue weighted by Gasteiger charge is 2.14. The minimum absolute atomic E-state index is 0.0996. The number of nitrogens with zero attached hydrogens (tertiary/aromatic N) is 2. The molecule has 1 aromatic carbocycles. The van der Waals surface area contributed by atoms with Gasteiger partial charge in [-0.15, -0.1) is 11.8 Å². The van der Waals surface area contributed by atoms with Crippen molar-refractivity contribution in [2.45, 2.75) is 24.4 Å². The fourth-order valence-corrected chi connectivity index (χ4v) is 2.68. The second-order valence-electron chi connectivity index (χ2n) is 4.09. The van der Waals surface area contributed by atoms with Crippen LogP contribution in [0.3, 0.4) is 0 Å². The fourth-order valence-electron chi connectivity index (χ4n) is 1.68. The van der Waals surface area contributed by atoms with Crippen LogP contribution in [-0.2, 0) is 6.54 Å². The largest absolute Gasteiger partial charge is 0.337 e. The summed E-state index contributed by atoms with van der Waals surface area (Å²) in [4.78, 5) is 4.93. The van der Waals surface area contributed by atoms with Crippen LogP contribution in [0.4, 0.5) is 4.39 Å². The first kappa shape index (κ1) is 14.0. The Bertz CT molecular complexity index is 529. The van der Waals surface area contributed by atoms with Gasteiger partial charge in [0.1, 0.15) is 5.82 Å². The molecule has 0 saturated carbocycles. The highest BCUT2D eigenvalue weighted by atomic mass is 32.2. The number of hydrogen-bond acceptors (Lipinski definition) is 4. The molecule has 1 aromatic heterocycles. The Balaban J connectivity index is 2.02. The van der Waals surface area contributed by atoms with Gasteiger partial charge >= 0.3 is 0 Å². The van der Waals surface area contributed by atoms with E-state index in [9.17, 15) is 4.39 Å². The van der Waals surface area contributed by atoms with Gasteiger partial charge in [0, 0.05) is 23.4 Å². The summed E-state index contributed by atoms with van der Waals surface area (Å²) < 4.78 is 15.5. The summed E-state index contributed by atoms with van der Waals surface area (Å²) in [5.74, 6) is 5.97. The zero-order valence-corrected chi connectivity index (χ0v) is 11.5. The minimum atomic E-state index is -0.206. The molecular weight excluding hydrogens is 263 g/mol. The lowest BCUT2D eigenvalue weighted by Crippen LogP contribution is -2.30. The number of aromatic nitrogens is 2. The monoisotopic (exact) mass is 280 g/mol. The number of thioether (sulfide) groups is 1. The van der Waals surface area contributed by atoms with Crippen molar-refractivity contribution in [1.29, 1.82) is 0 Å². The second kappa shape index (κ2) is 6.70. The van der Waals surface area contributed by atoms with E-state index in [0.717, 1.165) is 12.2 Å². The third-order valence-electron chi connectivity index (χ3n) is 2.82. The summed E-state index contributed by atoms with van der Waals surface area (Å²) >= 11 is 1.42. The van der Waals surface area contributed by atoms with Crippen LogP contribution >= 0.6 is 11.8 Å². The van der Waals surface area contributed by atoms with E-state index in [2.05, 4.69) is 10.4 Å². The van der Waals surface area contributed by atoms with E-state index in [4.69, 9.17) is 5.84 Å². The molecule has 1 unspecified atom stereocenters. The first-order valence-corrected chi connectivity index (χ1v) is 7.08. The molecule has 0 aliphatic rings. The molecule has 0 aliphatic heterocycles. The topological polar surface area (TPSA) is 55.9 Å². The number of rotatable bonds is 6. The summed E-state index contributed by atoms with van der Waals surface area (Å²) in [6, 6.07) is 6.62. The molecule has 4 nitrogen and oxygen atoms in total. The van der Waals surface area contributed by atoms with Crippen molar-refractivity contribution < 1.29 is 4.39 Å². The van der Waals surface area contributed by atoms with Gasteiger partial charge in [-0.1, -0.05) is 12.1 Å². The standard InChI is InChI=1S/C13H17FN4S/c1-2-18-7-11(16-9-18)12(17-15)8-19-13-6-4-3-5-10(13)14/h3-7,9,12,17H,2,8,15H2,1H3. The first-order valence-electron chi connectivity index (χ1n) is 6.09. The first-order chi connectivity index (χ1) is 9.24. The number of nitrogens with two attached hydrogens (primary N) is 1. The molecule has 0 aliphatic carbocycles. The summed E-state index contributed by atoms with van der Waals surface area (Å²) in [7, 11) is 0. The van der Waals surface area contributed by atoms with Crippen LogP contribution in [-0.4, -0.2) is 15.3 Å². The van der Waals surface area contributed by atoms with Gasteiger partial charge in [0.2, 0.25) is 0 Å². The predicted octanol–water partition coefficient (Wildman–Crippen LogP) is 2.34. The van der Waals surface area contributed by atoms with E-state index in [0.29, 0.717) is 10.6 Å². The lowest BCUT2D eigenvalue weighted by atomic mass is 10.3. The van der Waals surface area contributed by atoms with Gasteiger partial charge < -0.3 is 4.57 Å². The zero-order valence-electron chi connectivity index (χ0n) is 10.7. The van der Waals surface area contributed by atoms with Crippen LogP contribution in [0.1, 0.15) is 18.7 Å². The normalized spacial score (nSPS) is 12.6. The van der Waals surface area contributed by atoms with Crippen molar-refractivity contribution in [3.63, 3.8) is 0 Å². The van der Waals surface area contributed by atoms with Crippen LogP contribution < -0.4 is 11.3 Å². The minimum Gasteiger partial charge on any atom is -0.337 e. The average Bonchev–Trinajstić information content (AvgIpc) is 2.90. The smallest absolute Gasteiger partial charge is 0.136 e. The van der Waals surface area contributed by atoms with Crippen LogP contribution in [0.2, 0.25) is 0 Å². The number of halogens is 1. The zero-order chi connectivity index (χ0) is 13.7. The molecule has 1 atom stereocenters. The van der Waals surface area contributed by atoms with Crippen molar-refractivity contribution >= 4 is 11.8 Å². The molecule has 102 valence electrons. The maximum atomic E-state index is 13.5. The van der Waals surface area contributed by atoms with Crippen molar-refractivity contribution in [1.82, 2.24) is 15.0 Å². The number of benzene rings is 1. The van der Waals surface area contributed by atoms with E-state index >= 15 is 0 Å². The Morgan fingerprint density at radius 2 is 2.26 bits per heavy atom. The van der Waals surface area contributed by atoms with Gasteiger partial charge in [0.25, 0.3) is 0 Å². The third kappa shape index (κ3) is 3.56. The Kier molecular flexibility index (Phi) is 4.95. The van der Waals surface area contributed by atoms with E-state index in [1.165, 1.54) is 17.8 Å². The van der Waals surface area contributed by atoms with Gasteiger partial charge in [-0.2, -0.15) is 0 Å². The molecule has 2 aromatic rings. The number of hydrazine groups is 1. The summed E-state index contributed by atoms with van der Waals surface area (Å²) in [6.07, 6.45) is 3.72. The summed E-state index contributed by atoms with van der Waals surface area (Å²) in [6.45, 7) is 2.91. The van der Waals surface area contributed by atoms with Gasteiger partial charge in [0.15, 0.2) is 0 Å². The van der Waals surface area contributed by atoms with Crippen LogP contribution in [0.15, 0.2) is 41.7 Å². The molecule has 0 spiro atoms. The lowest BCUT2D eigenvalue weighted by molar-refractivity contribution is 0.590. The fraction of sp³-hybridized carbons (Fsp3) is 0.308. The molecule has 19 heavy (non-hydrogen) atoms. The summed E-state index contributed by atoms with van der Waals surface area (Å²) in [5.41, 5.74) is 3.60. The number of imidazole rings is 1. The molecule has 2 rings (SSSR count). The number of hydrogen-bond donors (Lipinski definition) is 2. The molecule has 6 heteroatoms. The van der Waals surface area contributed by atoms with E-state index in [1.807, 2.05) is 23.8 Å². The Morgan fingerprint density at radius 1 is 1.47 bits per heavy atom. The Morgan fingerprint density at radius 3 is 2.89 bits per heavy atom. The molecule has 0 amide bonds. The van der Waals surface area contributed by atoms with E-state index in [1.54, 1.807) is 18.5 Å². The second-order valence-corrected chi connectivity index (χ2v) is 5.15. The highest BCUT2D eigenvalue weighted by Crippen LogP contribution is 2.25. The molecule has 0 radical (unpaired) electrons. The molecule has 3 N–H and O–H groups in total. The number of nitrogens with one attached hydrogen (secondary N) is 1. The van der Waals surface area contributed by atoms with Crippen molar-refractivity contribution in [2.24, 2.45) is 5.84 Å². The molecule has 1 heterocycles. The van der Waals surface area contributed by atoms with Crippen molar-refractivity contribution in [2.75, 3.05) is 5.75 Å². The van der Waals surface area contributed by atoms with Crippen LogP contribution in [0.5, 0.6) is 0 Å². The lowest BCUT2D eigenvalue weighted by Gasteiger charge is -2.13. The van der Waals surface area contributed by atoms with Gasteiger partial charge in [-0.3, -0.25) is 11.3 Å². The van der Waals surface area contributed by atoms with Crippen molar-refractivity contribution in [3.05, 3.63) is 48.3 Å². The van der Waals surface area contributed by atoms with E-state index < -0.39 is 0 Å². The van der Waals surface area contributed by atoms with Gasteiger partial charge in [-0.05, 0) is 19.1 Å². The third-order valence-corrected chi connectivity index (χ3v) is 3.96. The molecule has 0 fully saturated rings. The Labute approximate surface area is 116 Å². The van der Waals surface area contributed by atoms with Crippen LogP contribution in [0.25, 0.3) is 0 Å². The van der Waals surface area contributed by atoms with Gasteiger partial charge in [-0.25, -0.2) is 9.37 Å². The van der Waals surface area contributed by atoms with Gasteiger partial charge in [0.05, 0.1) is 18.1 Å².